The van der Waals surface area contributed by atoms with Crippen LogP contribution in [-0.2, 0) is 0 Å². The Morgan fingerprint density at radius 2 is 0.875 bits per heavy atom. The van der Waals surface area contributed by atoms with Gasteiger partial charge in [0.2, 0.25) is 0 Å². The zero-order valence-corrected chi connectivity index (χ0v) is 14.1. The van der Waals surface area contributed by atoms with E-state index in [0.29, 0.717) is 15.6 Å². The summed E-state index contributed by atoms with van der Waals surface area (Å²) in [6, 6.07) is 21.0. The summed E-state index contributed by atoms with van der Waals surface area (Å²) < 4.78 is 0. The molecule has 0 aromatic heterocycles. The first-order valence-corrected chi connectivity index (χ1v) is 9.68. The molecule has 0 aliphatic heterocycles. The molecule has 0 amide bonds. The van der Waals surface area contributed by atoms with Crippen molar-refractivity contribution < 1.29 is 15.3 Å². The highest BCUT2D eigenvalue weighted by atomic mass is 28.3. The lowest BCUT2D eigenvalue weighted by Crippen LogP contribution is -2.66. The van der Waals surface area contributed by atoms with Crippen LogP contribution in [0.4, 0.5) is 0 Å². The summed E-state index contributed by atoms with van der Waals surface area (Å²) in [6.07, 6.45) is 0. The Bertz CT molecular complexity index is 778. The monoisotopic (exact) mass is 334 g/mol. The van der Waals surface area contributed by atoms with E-state index < -0.39 is 8.07 Å². The quantitative estimate of drug-likeness (QED) is 0.505. The Hall–Kier alpha value is -2.98. The van der Waals surface area contributed by atoms with Crippen LogP contribution in [0.25, 0.3) is 0 Å². The summed E-state index contributed by atoms with van der Waals surface area (Å²) >= 11 is 0. The zero-order valence-electron chi connectivity index (χ0n) is 13.1. The zero-order chi connectivity index (χ0) is 17.2. The van der Waals surface area contributed by atoms with Gasteiger partial charge in [-0.05, 0) is 33.8 Å². The predicted molar refractivity (Wildman–Crippen MR) is 99.2 cm³/mol. The molecule has 0 heterocycles. The van der Waals surface area contributed by atoms with E-state index in [4.69, 9.17) is 0 Å². The first-order valence-electron chi connectivity index (χ1n) is 7.60. The number of phenolic OH excluding ortho intramolecular Hbond substituents is 3. The Balaban J connectivity index is 2.46. The molecule has 0 spiro atoms. The second-order valence-electron chi connectivity index (χ2n) is 5.56. The second kappa shape index (κ2) is 6.26. The minimum atomic E-state index is -3.02. The smallest absolute Gasteiger partial charge is 0.184 e. The van der Waals surface area contributed by atoms with Gasteiger partial charge in [0.1, 0.15) is 17.2 Å². The fourth-order valence-electron chi connectivity index (χ4n) is 3.19. The van der Waals surface area contributed by atoms with Gasteiger partial charge in [0.25, 0.3) is 0 Å². The van der Waals surface area contributed by atoms with Crippen molar-refractivity contribution in [2.24, 2.45) is 0 Å². The molecule has 3 rings (SSSR count). The maximum atomic E-state index is 10.5. The van der Waals surface area contributed by atoms with Crippen LogP contribution in [0.2, 0.25) is 0 Å². The molecule has 3 aromatic carbocycles. The van der Waals surface area contributed by atoms with Crippen LogP contribution in [0.3, 0.4) is 0 Å². The van der Waals surface area contributed by atoms with Crippen LogP contribution >= 0.6 is 0 Å². The number of para-hydroxylation sites is 3. The molecule has 3 aromatic rings. The van der Waals surface area contributed by atoms with Gasteiger partial charge < -0.3 is 15.3 Å². The van der Waals surface area contributed by atoms with Crippen molar-refractivity contribution in [1.82, 2.24) is 0 Å². The lowest BCUT2D eigenvalue weighted by atomic mass is 10.3. The van der Waals surface area contributed by atoms with Crippen LogP contribution in [-0.4, -0.2) is 23.4 Å². The largest absolute Gasteiger partial charge is 0.508 e. The van der Waals surface area contributed by atoms with Gasteiger partial charge in [-0.1, -0.05) is 60.3 Å². The average molecular weight is 334 g/mol. The molecule has 0 saturated heterocycles. The van der Waals surface area contributed by atoms with Gasteiger partial charge in [0.05, 0.1) is 0 Å². The van der Waals surface area contributed by atoms with Crippen LogP contribution < -0.4 is 15.6 Å². The van der Waals surface area contributed by atoms with Gasteiger partial charge in [-0.25, -0.2) is 0 Å². The summed E-state index contributed by atoms with van der Waals surface area (Å²) in [5, 5.41) is 33.5. The molecule has 0 aliphatic rings. The van der Waals surface area contributed by atoms with Crippen molar-refractivity contribution in [2.45, 2.75) is 0 Å². The van der Waals surface area contributed by atoms with Crippen LogP contribution in [0.5, 0.6) is 17.2 Å². The molecule has 0 aliphatic carbocycles. The molecule has 3 nitrogen and oxygen atoms in total. The highest BCUT2D eigenvalue weighted by Crippen LogP contribution is 2.22. The first kappa shape index (κ1) is 15.9. The Kier molecular flexibility index (Phi) is 4.14. The molecule has 0 fully saturated rings. The van der Waals surface area contributed by atoms with Crippen molar-refractivity contribution >= 4 is 23.6 Å². The van der Waals surface area contributed by atoms with Gasteiger partial charge >= 0.3 is 0 Å². The van der Waals surface area contributed by atoms with Crippen molar-refractivity contribution in [3.63, 3.8) is 0 Å². The van der Waals surface area contributed by atoms with E-state index in [2.05, 4.69) is 6.58 Å². The summed E-state index contributed by atoms with van der Waals surface area (Å²) in [5.41, 5.74) is 1.77. The van der Waals surface area contributed by atoms with Crippen LogP contribution in [0, 0.1) is 0 Å². The summed E-state index contributed by atoms with van der Waals surface area (Å²) in [7, 11) is -3.02. The topological polar surface area (TPSA) is 60.7 Å². The van der Waals surface area contributed by atoms with Crippen molar-refractivity contribution in [1.29, 1.82) is 0 Å². The van der Waals surface area contributed by atoms with E-state index in [1.165, 1.54) is 0 Å². The number of hydrogen-bond donors (Lipinski definition) is 3. The SMILES string of the molecule is C=C[Si](c1ccccc1O)(c1ccccc1O)c1ccccc1O. The minimum absolute atomic E-state index is 0.121. The van der Waals surface area contributed by atoms with E-state index >= 15 is 0 Å². The number of aromatic hydroxyl groups is 3. The third-order valence-corrected chi connectivity index (χ3v) is 8.72. The lowest BCUT2D eigenvalue weighted by Gasteiger charge is -2.31. The highest BCUT2D eigenvalue weighted by Gasteiger charge is 2.42. The summed E-state index contributed by atoms with van der Waals surface area (Å²) in [6.45, 7) is 4.01. The van der Waals surface area contributed by atoms with Gasteiger partial charge in [0, 0.05) is 0 Å². The number of rotatable bonds is 4. The van der Waals surface area contributed by atoms with E-state index in [1.807, 2.05) is 36.4 Å². The van der Waals surface area contributed by atoms with Crippen LogP contribution in [0.15, 0.2) is 85.1 Å². The average Bonchev–Trinajstić information content (AvgIpc) is 2.60. The van der Waals surface area contributed by atoms with Crippen molar-refractivity contribution in [2.75, 3.05) is 0 Å². The number of benzene rings is 3. The molecular weight excluding hydrogens is 316 g/mol. The molecule has 0 bridgehead atoms. The molecule has 0 atom stereocenters. The molecule has 120 valence electrons. The predicted octanol–water partition coefficient (Wildman–Crippen LogP) is 2.00. The van der Waals surface area contributed by atoms with E-state index in [1.54, 1.807) is 42.1 Å². The van der Waals surface area contributed by atoms with Gasteiger partial charge in [-0.15, -0.1) is 6.58 Å². The number of hydrogen-bond acceptors (Lipinski definition) is 3. The van der Waals surface area contributed by atoms with E-state index in [-0.39, 0.29) is 17.2 Å². The molecule has 4 heteroatoms. The fraction of sp³-hybridized carbons (Fsp3) is 0. The maximum absolute atomic E-state index is 10.5. The third kappa shape index (κ3) is 2.37. The standard InChI is InChI=1S/C20H18O3Si/c1-2-24(18-12-6-3-9-15(18)21,19-13-7-4-10-16(19)22)20-14-8-5-11-17(20)23/h2-14,21-23H,1H2. The van der Waals surface area contributed by atoms with Gasteiger partial charge in [0.15, 0.2) is 8.07 Å². The fourth-order valence-corrected chi connectivity index (χ4v) is 7.26. The second-order valence-corrected chi connectivity index (χ2v) is 9.20. The molecule has 3 N–H and O–H groups in total. The normalized spacial score (nSPS) is 11.2. The molecule has 0 unspecified atom stereocenters. The van der Waals surface area contributed by atoms with Gasteiger partial charge in [-0.3, -0.25) is 0 Å². The molecule has 24 heavy (non-hydrogen) atoms. The maximum Gasteiger partial charge on any atom is 0.184 e. The highest BCUT2D eigenvalue weighted by molar-refractivity contribution is 7.15. The lowest BCUT2D eigenvalue weighted by molar-refractivity contribution is 0.477. The van der Waals surface area contributed by atoms with E-state index in [0.717, 1.165) is 0 Å². The first-order chi connectivity index (χ1) is 11.6. The molecule has 0 radical (unpaired) electrons. The molecular formula is C20H18O3Si. The Labute approximate surface area is 141 Å². The Morgan fingerprint density at radius 3 is 1.12 bits per heavy atom. The van der Waals surface area contributed by atoms with E-state index in [9.17, 15) is 15.3 Å². The molecule has 0 saturated carbocycles. The number of phenols is 3. The van der Waals surface area contributed by atoms with Crippen molar-refractivity contribution in [3.05, 3.63) is 85.1 Å². The summed E-state index contributed by atoms with van der Waals surface area (Å²) in [4.78, 5) is 0. The third-order valence-electron chi connectivity index (χ3n) is 4.29. The van der Waals surface area contributed by atoms with Crippen LogP contribution in [0.1, 0.15) is 0 Å². The summed E-state index contributed by atoms with van der Waals surface area (Å²) in [5.74, 6) is 0.363. The van der Waals surface area contributed by atoms with Crippen molar-refractivity contribution in [3.8, 4) is 17.2 Å². The minimum Gasteiger partial charge on any atom is -0.508 e. The Morgan fingerprint density at radius 1 is 0.583 bits per heavy atom. The van der Waals surface area contributed by atoms with Gasteiger partial charge in [-0.2, -0.15) is 0 Å².